The van der Waals surface area contributed by atoms with Crippen molar-refractivity contribution < 1.29 is 14.7 Å². The number of carboxylic acid groups (broad SMARTS) is 1. The predicted molar refractivity (Wildman–Crippen MR) is 65.3 cm³/mol. The maximum atomic E-state index is 11.1. The number of carbonyl (C=O) groups excluding carboxylic acids is 1. The standard InChI is InChI=1S/C10H15N3O3S/c1-5-6(8(14)15)7(17-13-5)12-4-10(2,3)9(11)16/h12H,4H2,1-3H3,(H2,11,16)(H,14,15). The van der Waals surface area contributed by atoms with Gasteiger partial charge < -0.3 is 16.2 Å². The van der Waals surface area contributed by atoms with Crippen LogP contribution in [0.5, 0.6) is 0 Å². The summed E-state index contributed by atoms with van der Waals surface area (Å²) in [6.07, 6.45) is 0. The topological polar surface area (TPSA) is 105 Å². The molecule has 0 spiro atoms. The molecule has 0 aliphatic carbocycles. The van der Waals surface area contributed by atoms with Crippen molar-refractivity contribution >= 4 is 28.4 Å². The van der Waals surface area contributed by atoms with Crippen LogP contribution in [0.2, 0.25) is 0 Å². The van der Waals surface area contributed by atoms with Gasteiger partial charge in [0.2, 0.25) is 5.91 Å². The maximum absolute atomic E-state index is 11.1. The monoisotopic (exact) mass is 257 g/mol. The van der Waals surface area contributed by atoms with Crippen LogP contribution in [0.15, 0.2) is 0 Å². The zero-order valence-electron chi connectivity index (χ0n) is 9.90. The predicted octanol–water partition coefficient (Wildman–Crippen LogP) is 1.07. The Labute approximate surface area is 103 Å². The van der Waals surface area contributed by atoms with E-state index >= 15 is 0 Å². The Morgan fingerprint density at radius 2 is 2.12 bits per heavy atom. The molecule has 4 N–H and O–H groups in total. The molecule has 0 bridgehead atoms. The van der Waals surface area contributed by atoms with E-state index in [-0.39, 0.29) is 12.1 Å². The normalized spacial score (nSPS) is 11.2. The van der Waals surface area contributed by atoms with Crippen LogP contribution >= 0.6 is 11.5 Å². The summed E-state index contributed by atoms with van der Waals surface area (Å²) in [5, 5.41) is 12.4. The highest BCUT2D eigenvalue weighted by Gasteiger charge is 2.26. The van der Waals surface area contributed by atoms with E-state index in [0.717, 1.165) is 11.5 Å². The van der Waals surface area contributed by atoms with E-state index in [1.54, 1.807) is 20.8 Å². The van der Waals surface area contributed by atoms with Crippen LogP contribution in [-0.4, -0.2) is 27.9 Å². The lowest BCUT2D eigenvalue weighted by Gasteiger charge is -2.20. The molecule has 0 aromatic carbocycles. The summed E-state index contributed by atoms with van der Waals surface area (Å²) < 4.78 is 3.97. The largest absolute Gasteiger partial charge is 0.478 e. The smallest absolute Gasteiger partial charge is 0.340 e. The van der Waals surface area contributed by atoms with Gasteiger partial charge in [-0.15, -0.1) is 0 Å². The Kier molecular flexibility index (Phi) is 3.72. The molecule has 94 valence electrons. The quantitative estimate of drug-likeness (QED) is 0.731. The Hall–Kier alpha value is -1.63. The third kappa shape index (κ3) is 2.94. The van der Waals surface area contributed by atoms with Crippen LogP contribution in [0.4, 0.5) is 5.00 Å². The van der Waals surface area contributed by atoms with Gasteiger partial charge in [0, 0.05) is 6.54 Å². The zero-order chi connectivity index (χ0) is 13.2. The summed E-state index contributed by atoms with van der Waals surface area (Å²) in [5.74, 6) is -1.47. The molecular weight excluding hydrogens is 242 g/mol. The molecule has 0 radical (unpaired) electrons. The number of rotatable bonds is 5. The molecule has 0 saturated heterocycles. The van der Waals surface area contributed by atoms with Gasteiger partial charge in [0.05, 0.1) is 11.1 Å². The SMILES string of the molecule is Cc1nsc(NCC(C)(C)C(N)=O)c1C(=O)O. The lowest BCUT2D eigenvalue weighted by Crippen LogP contribution is -2.37. The van der Waals surface area contributed by atoms with E-state index < -0.39 is 17.3 Å². The number of aromatic carboxylic acids is 1. The Morgan fingerprint density at radius 3 is 2.59 bits per heavy atom. The number of hydrogen-bond acceptors (Lipinski definition) is 5. The Balaban J connectivity index is 2.84. The van der Waals surface area contributed by atoms with Gasteiger partial charge in [-0.3, -0.25) is 4.79 Å². The third-order valence-electron chi connectivity index (χ3n) is 2.43. The summed E-state index contributed by atoms with van der Waals surface area (Å²) in [4.78, 5) is 22.1. The molecule has 1 amide bonds. The number of nitrogens with one attached hydrogen (secondary N) is 1. The summed E-state index contributed by atoms with van der Waals surface area (Å²) >= 11 is 1.06. The van der Waals surface area contributed by atoms with Crippen LogP contribution in [0.25, 0.3) is 0 Å². The highest BCUT2D eigenvalue weighted by molar-refractivity contribution is 7.10. The summed E-state index contributed by atoms with van der Waals surface area (Å²) in [7, 11) is 0. The minimum atomic E-state index is -1.03. The molecule has 0 aliphatic rings. The van der Waals surface area contributed by atoms with Crippen molar-refractivity contribution in [2.45, 2.75) is 20.8 Å². The summed E-state index contributed by atoms with van der Waals surface area (Å²) in [6, 6.07) is 0. The molecule has 1 rings (SSSR count). The average Bonchev–Trinajstić information content (AvgIpc) is 2.56. The van der Waals surface area contributed by atoms with Gasteiger partial charge in [-0.1, -0.05) is 0 Å². The summed E-state index contributed by atoms with van der Waals surface area (Å²) in [5.41, 5.74) is 5.10. The lowest BCUT2D eigenvalue weighted by atomic mass is 9.93. The Morgan fingerprint density at radius 1 is 1.53 bits per heavy atom. The van der Waals surface area contributed by atoms with E-state index in [4.69, 9.17) is 10.8 Å². The highest BCUT2D eigenvalue weighted by atomic mass is 32.1. The molecule has 0 atom stereocenters. The number of aryl methyl sites for hydroxylation is 1. The molecule has 7 heteroatoms. The summed E-state index contributed by atoms with van der Waals surface area (Å²) in [6.45, 7) is 5.28. The van der Waals surface area contributed by atoms with Crippen molar-refractivity contribution in [2.75, 3.05) is 11.9 Å². The number of carboxylic acids is 1. The number of carbonyl (C=O) groups is 2. The number of amides is 1. The number of nitrogens with zero attached hydrogens (tertiary/aromatic N) is 1. The fraction of sp³-hybridized carbons (Fsp3) is 0.500. The first kappa shape index (κ1) is 13.4. The van der Waals surface area contributed by atoms with E-state index in [1.165, 1.54) is 0 Å². The van der Waals surface area contributed by atoms with E-state index in [1.807, 2.05) is 0 Å². The number of nitrogens with two attached hydrogens (primary N) is 1. The van der Waals surface area contributed by atoms with Crippen LogP contribution < -0.4 is 11.1 Å². The fourth-order valence-electron chi connectivity index (χ4n) is 1.13. The van der Waals surface area contributed by atoms with E-state index in [2.05, 4.69) is 9.69 Å². The van der Waals surface area contributed by atoms with Crippen LogP contribution in [0.3, 0.4) is 0 Å². The van der Waals surface area contributed by atoms with Crippen molar-refractivity contribution in [2.24, 2.45) is 11.1 Å². The van der Waals surface area contributed by atoms with Crippen molar-refractivity contribution in [1.82, 2.24) is 4.37 Å². The van der Waals surface area contributed by atoms with E-state index in [0.29, 0.717) is 10.7 Å². The average molecular weight is 257 g/mol. The van der Waals surface area contributed by atoms with Crippen LogP contribution in [-0.2, 0) is 4.79 Å². The van der Waals surface area contributed by atoms with Gasteiger partial charge >= 0.3 is 5.97 Å². The molecule has 1 aromatic rings. The molecule has 0 saturated carbocycles. The third-order valence-corrected chi connectivity index (χ3v) is 3.33. The fourth-order valence-corrected chi connectivity index (χ4v) is 1.91. The molecule has 1 heterocycles. The first-order valence-corrected chi connectivity index (χ1v) is 5.76. The number of hydrogen-bond donors (Lipinski definition) is 3. The van der Waals surface area contributed by atoms with Gasteiger partial charge in [-0.2, -0.15) is 4.37 Å². The van der Waals surface area contributed by atoms with Crippen LogP contribution in [0, 0.1) is 12.3 Å². The van der Waals surface area contributed by atoms with Gasteiger partial charge in [0.25, 0.3) is 0 Å². The zero-order valence-corrected chi connectivity index (χ0v) is 10.7. The van der Waals surface area contributed by atoms with Gasteiger partial charge in [0.1, 0.15) is 10.6 Å². The minimum Gasteiger partial charge on any atom is -0.478 e. The van der Waals surface area contributed by atoms with Gasteiger partial charge in [-0.05, 0) is 32.3 Å². The highest BCUT2D eigenvalue weighted by Crippen LogP contribution is 2.26. The minimum absolute atomic E-state index is 0.148. The second-order valence-corrected chi connectivity index (χ2v) is 5.15. The van der Waals surface area contributed by atoms with Crippen molar-refractivity contribution in [3.05, 3.63) is 11.3 Å². The molecule has 0 unspecified atom stereocenters. The molecule has 1 aromatic heterocycles. The Bertz CT molecular complexity index is 454. The molecule has 17 heavy (non-hydrogen) atoms. The number of anilines is 1. The number of aromatic nitrogens is 1. The first-order valence-electron chi connectivity index (χ1n) is 4.99. The van der Waals surface area contributed by atoms with E-state index in [9.17, 15) is 9.59 Å². The van der Waals surface area contributed by atoms with Crippen molar-refractivity contribution in [3.8, 4) is 0 Å². The number of primary amides is 1. The molecule has 6 nitrogen and oxygen atoms in total. The first-order chi connectivity index (χ1) is 7.75. The second kappa shape index (κ2) is 4.70. The van der Waals surface area contributed by atoms with Gasteiger partial charge in [-0.25, -0.2) is 4.79 Å². The second-order valence-electron chi connectivity index (χ2n) is 4.38. The molecular formula is C10H15N3O3S. The molecule has 0 aliphatic heterocycles. The maximum Gasteiger partial charge on any atom is 0.340 e. The van der Waals surface area contributed by atoms with Gasteiger partial charge in [0.15, 0.2) is 0 Å². The lowest BCUT2D eigenvalue weighted by molar-refractivity contribution is -0.125. The van der Waals surface area contributed by atoms with Crippen molar-refractivity contribution in [3.63, 3.8) is 0 Å². The molecule has 0 fully saturated rings. The van der Waals surface area contributed by atoms with Crippen LogP contribution in [0.1, 0.15) is 29.9 Å². The van der Waals surface area contributed by atoms with Crippen molar-refractivity contribution in [1.29, 1.82) is 0 Å².